The molecule has 0 bridgehead atoms. The molecule has 1 atom stereocenters. The van der Waals surface area contributed by atoms with Crippen LogP contribution in [0.15, 0.2) is 18.5 Å². The molecule has 106 valence electrons. The first-order valence-corrected chi connectivity index (χ1v) is 6.31. The van der Waals surface area contributed by atoms with Crippen molar-refractivity contribution in [3.05, 3.63) is 18.5 Å². The van der Waals surface area contributed by atoms with Crippen molar-refractivity contribution in [3.8, 4) is 0 Å². The van der Waals surface area contributed by atoms with Gasteiger partial charge in [0.15, 0.2) is 0 Å². The summed E-state index contributed by atoms with van der Waals surface area (Å²) in [4.78, 5) is 2.58. The lowest BCUT2D eigenvalue weighted by Crippen LogP contribution is -2.42. The van der Waals surface area contributed by atoms with Crippen molar-refractivity contribution in [2.75, 3.05) is 19.6 Å². The number of nitrogens with two attached hydrogens (primary N) is 1. The topological polar surface area (TPSA) is 47.1 Å². The molecule has 0 saturated carbocycles. The summed E-state index contributed by atoms with van der Waals surface area (Å²) >= 11 is 0. The normalized spacial score (nSPS) is 19.9. The van der Waals surface area contributed by atoms with Gasteiger partial charge in [0.05, 0.1) is 6.54 Å². The van der Waals surface area contributed by atoms with Crippen LogP contribution in [0, 0.1) is 0 Å². The van der Waals surface area contributed by atoms with Crippen LogP contribution in [0.4, 0.5) is 0 Å². The summed E-state index contributed by atoms with van der Waals surface area (Å²) in [5.41, 5.74) is 5.67. The number of halogens is 2. The highest BCUT2D eigenvalue weighted by atomic mass is 35.5. The monoisotopic (exact) mass is 294 g/mol. The zero-order chi connectivity index (χ0) is 11.2. The zero-order valence-electron chi connectivity index (χ0n) is 10.7. The van der Waals surface area contributed by atoms with Crippen LogP contribution >= 0.6 is 24.8 Å². The van der Waals surface area contributed by atoms with Gasteiger partial charge in [-0.3, -0.25) is 9.58 Å². The highest BCUT2D eigenvalue weighted by Crippen LogP contribution is 2.18. The second-order valence-corrected chi connectivity index (χ2v) is 4.53. The second-order valence-electron chi connectivity index (χ2n) is 4.53. The predicted molar refractivity (Wildman–Crippen MR) is 79.6 cm³/mol. The van der Waals surface area contributed by atoms with Crippen LogP contribution in [0.25, 0.3) is 0 Å². The highest BCUT2D eigenvalue weighted by molar-refractivity contribution is 5.85. The number of nitrogens with zero attached hydrogens (tertiary/aromatic N) is 3. The highest BCUT2D eigenvalue weighted by Gasteiger charge is 2.20. The minimum atomic E-state index is 0. The molecule has 0 aliphatic carbocycles. The first-order chi connectivity index (χ1) is 7.90. The van der Waals surface area contributed by atoms with Crippen molar-refractivity contribution in [2.24, 2.45) is 5.73 Å². The Morgan fingerprint density at radius 1 is 1.22 bits per heavy atom. The molecule has 0 aromatic carbocycles. The molecule has 1 unspecified atom stereocenters. The summed E-state index contributed by atoms with van der Waals surface area (Å²) in [7, 11) is 0. The summed E-state index contributed by atoms with van der Waals surface area (Å²) in [6.07, 6.45) is 9.02. The van der Waals surface area contributed by atoms with Gasteiger partial charge in [0.1, 0.15) is 0 Å². The SMILES string of the molecule is Cl.Cl.NCCC1CCCCN1CCn1cccn1. The minimum absolute atomic E-state index is 0. The number of rotatable bonds is 5. The van der Waals surface area contributed by atoms with Gasteiger partial charge in [-0.2, -0.15) is 5.10 Å². The molecule has 18 heavy (non-hydrogen) atoms. The molecule has 2 heterocycles. The van der Waals surface area contributed by atoms with Crippen molar-refractivity contribution in [1.82, 2.24) is 14.7 Å². The van der Waals surface area contributed by atoms with Crippen molar-refractivity contribution in [3.63, 3.8) is 0 Å². The quantitative estimate of drug-likeness (QED) is 0.903. The average Bonchev–Trinajstić information content (AvgIpc) is 2.81. The van der Waals surface area contributed by atoms with E-state index in [1.165, 1.54) is 25.8 Å². The van der Waals surface area contributed by atoms with Crippen molar-refractivity contribution >= 4 is 24.8 Å². The number of hydrogen-bond donors (Lipinski definition) is 1. The number of piperidine rings is 1. The fourth-order valence-corrected chi connectivity index (χ4v) is 2.54. The molecule has 1 saturated heterocycles. The van der Waals surface area contributed by atoms with E-state index >= 15 is 0 Å². The summed E-state index contributed by atoms with van der Waals surface area (Å²) in [5.74, 6) is 0. The van der Waals surface area contributed by atoms with Gasteiger partial charge < -0.3 is 5.73 Å². The zero-order valence-corrected chi connectivity index (χ0v) is 12.3. The van der Waals surface area contributed by atoms with Gasteiger partial charge in [-0.25, -0.2) is 0 Å². The molecule has 6 heteroatoms. The molecule has 0 spiro atoms. The fraction of sp³-hybridized carbons (Fsp3) is 0.750. The molecule has 2 N–H and O–H groups in total. The molecule has 1 fully saturated rings. The van der Waals surface area contributed by atoms with Crippen LogP contribution in [-0.2, 0) is 6.54 Å². The Bertz CT molecular complexity index is 290. The van der Waals surface area contributed by atoms with Crippen LogP contribution in [0.1, 0.15) is 25.7 Å². The second kappa shape index (κ2) is 9.62. The molecule has 1 aromatic heterocycles. The van der Waals surface area contributed by atoms with Crippen molar-refractivity contribution in [1.29, 1.82) is 0 Å². The maximum absolute atomic E-state index is 5.67. The predicted octanol–water partition coefficient (Wildman–Crippen LogP) is 1.93. The van der Waals surface area contributed by atoms with E-state index in [-0.39, 0.29) is 24.8 Å². The van der Waals surface area contributed by atoms with Gasteiger partial charge in [0.2, 0.25) is 0 Å². The Balaban J connectivity index is 0.00000144. The van der Waals surface area contributed by atoms with Crippen LogP contribution in [0.2, 0.25) is 0 Å². The van der Waals surface area contributed by atoms with Gasteiger partial charge in [-0.1, -0.05) is 6.42 Å². The standard InChI is InChI=1S/C12H22N4.2ClH/c13-6-5-12-4-1-2-8-15(12)10-11-16-9-3-7-14-16;;/h3,7,9,12H,1-2,4-6,8,10-11,13H2;2*1H. The van der Waals surface area contributed by atoms with E-state index in [1.54, 1.807) is 0 Å². The Morgan fingerprint density at radius 2 is 2.06 bits per heavy atom. The molecule has 1 aliphatic heterocycles. The molecule has 0 radical (unpaired) electrons. The number of likely N-dealkylation sites (tertiary alicyclic amines) is 1. The first-order valence-electron chi connectivity index (χ1n) is 6.31. The Kier molecular flexibility index (Phi) is 9.46. The molecule has 1 aliphatic rings. The van der Waals surface area contributed by atoms with Gasteiger partial charge in [0.25, 0.3) is 0 Å². The van der Waals surface area contributed by atoms with E-state index in [0.29, 0.717) is 6.04 Å². The Hall–Kier alpha value is -0.290. The van der Waals surface area contributed by atoms with E-state index < -0.39 is 0 Å². The number of aromatic nitrogens is 2. The molecule has 0 amide bonds. The summed E-state index contributed by atoms with van der Waals surface area (Å²) in [5, 5.41) is 4.24. The van der Waals surface area contributed by atoms with Crippen LogP contribution in [0.5, 0.6) is 0 Å². The maximum atomic E-state index is 5.67. The van der Waals surface area contributed by atoms with Crippen LogP contribution in [-0.4, -0.2) is 40.4 Å². The van der Waals surface area contributed by atoms with E-state index in [2.05, 4.69) is 10.00 Å². The van der Waals surface area contributed by atoms with Crippen LogP contribution in [0.3, 0.4) is 0 Å². The molecular weight excluding hydrogens is 271 g/mol. The smallest absolute Gasteiger partial charge is 0.0536 e. The lowest BCUT2D eigenvalue weighted by molar-refractivity contribution is 0.135. The van der Waals surface area contributed by atoms with Gasteiger partial charge >= 0.3 is 0 Å². The summed E-state index contributed by atoms with van der Waals surface area (Å²) < 4.78 is 2.01. The minimum Gasteiger partial charge on any atom is -0.330 e. The van der Waals surface area contributed by atoms with Crippen LogP contribution < -0.4 is 5.73 Å². The third-order valence-corrected chi connectivity index (χ3v) is 3.42. The molecule has 4 nitrogen and oxygen atoms in total. The average molecular weight is 295 g/mol. The first kappa shape index (κ1) is 17.7. The van der Waals surface area contributed by atoms with Crippen molar-refractivity contribution in [2.45, 2.75) is 38.3 Å². The molecule has 1 aromatic rings. The summed E-state index contributed by atoms with van der Waals surface area (Å²) in [6, 6.07) is 2.68. The Morgan fingerprint density at radius 3 is 2.72 bits per heavy atom. The summed E-state index contributed by atoms with van der Waals surface area (Å²) in [6.45, 7) is 4.13. The van der Waals surface area contributed by atoms with Crippen molar-refractivity contribution < 1.29 is 0 Å². The fourth-order valence-electron chi connectivity index (χ4n) is 2.54. The lowest BCUT2D eigenvalue weighted by Gasteiger charge is -2.35. The molecule has 2 rings (SSSR count). The lowest BCUT2D eigenvalue weighted by atomic mass is 9.99. The van der Waals surface area contributed by atoms with Gasteiger partial charge in [-0.15, -0.1) is 24.8 Å². The largest absolute Gasteiger partial charge is 0.330 e. The molecular formula is C12H24Cl2N4. The Labute approximate surface area is 122 Å². The maximum Gasteiger partial charge on any atom is 0.0536 e. The number of hydrogen-bond acceptors (Lipinski definition) is 3. The van der Waals surface area contributed by atoms with E-state index in [4.69, 9.17) is 5.73 Å². The van der Waals surface area contributed by atoms with E-state index in [0.717, 1.165) is 26.1 Å². The third kappa shape index (κ3) is 5.14. The van der Waals surface area contributed by atoms with Gasteiger partial charge in [0, 0.05) is 25.0 Å². The third-order valence-electron chi connectivity index (χ3n) is 3.42. The van der Waals surface area contributed by atoms with Gasteiger partial charge in [-0.05, 0) is 38.4 Å². The van der Waals surface area contributed by atoms with E-state index in [1.807, 2.05) is 23.1 Å². The van der Waals surface area contributed by atoms with E-state index in [9.17, 15) is 0 Å².